The summed E-state index contributed by atoms with van der Waals surface area (Å²) in [4.78, 5) is 2.51. The van der Waals surface area contributed by atoms with Gasteiger partial charge in [-0.15, -0.1) is 0 Å². The minimum Gasteiger partial charge on any atom is -0.317 e. The summed E-state index contributed by atoms with van der Waals surface area (Å²) in [7, 11) is 2.26. The van der Waals surface area contributed by atoms with Gasteiger partial charge in [0.1, 0.15) is 0 Å². The van der Waals surface area contributed by atoms with Crippen LogP contribution in [0, 0.1) is 11.8 Å². The van der Waals surface area contributed by atoms with Gasteiger partial charge in [0, 0.05) is 13.1 Å². The highest BCUT2D eigenvalue weighted by atomic mass is 15.1. The van der Waals surface area contributed by atoms with Crippen molar-refractivity contribution in [2.75, 3.05) is 33.2 Å². The van der Waals surface area contributed by atoms with Gasteiger partial charge in [-0.25, -0.2) is 0 Å². The van der Waals surface area contributed by atoms with Gasteiger partial charge in [-0.1, -0.05) is 20.3 Å². The van der Waals surface area contributed by atoms with Crippen LogP contribution in [-0.2, 0) is 0 Å². The molecule has 0 heterocycles. The molecule has 0 aliphatic heterocycles. The molecule has 1 fully saturated rings. The van der Waals surface area contributed by atoms with Crippen LogP contribution in [0.15, 0.2) is 0 Å². The fourth-order valence-electron chi connectivity index (χ4n) is 2.18. The first-order valence-corrected chi connectivity index (χ1v) is 6.11. The normalized spacial score (nSPS) is 19.7. The molecule has 14 heavy (non-hydrogen) atoms. The standard InChI is InChI=1S/C12H26N2/c1-4-13-8-11(2)9-14(3)10-12-6-5-7-12/h11-13H,4-10H2,1-3H3. The second kappa shape index (κ2) is 6.41. The van der Waals surface area contributed by atoms with Gasteiger partial charge in [0.05, 0.1) is 0 Å². The second-order valence-corrected chi connectivity index (χ2v) is 4.93. The van der Waals surface area contributed by atoms with Crippen molar-refractivity contribution in [3.63, 3.8) is 0 Å². The Bertz CT molecular complexity index is 143. The lowest BCUT2D eigenvalue weighted by molar-refractivity contribution is 0.187. The van der Waals surface area contributed by atoms with Crippen LogP contribution in [0.3, 0.4) is 0 Å². The first kappa shape index (κ1) is 12.0. The van der Waals surface area contributed by atoms with E-state index in [9.17, 15) is 0 Å². The lowest BCUT2D eigenvalue weighted by atomic mass is 9.85. The highest BCUT2D eigenvalue weighted by Gasteiger charge is 2.19. The van der Waals surface area contributed by atoms with Crippen molar-refractivity contribution in [3.05, 3.63) is 0 Å². The molecule has 0 aromatic rings. The van der Waals surface area contributed by atoms with Crippen molar-refractivity contribution in [1.82, 2.24) is 10.2 Å². The van der Waals surface area contributed by atoms with Crippen molar-refractivity contribution in [2.24, 2.45) is 11.8 Å². The third-order valence-electron chi connectivity index (χ3n) is 3.16. The summed E-state index contributed by atoms with van der Waals surface area (Å²) in [6.45, 7) is 9.31. The number of rotatable bonds is 7. The quantitative estimate of drug-likeness (QED) is 0.673. The predicted molar refractivity (Wildman–Crippen MR) is 62.5 cm³/mol. The van der Waals surface area contributed by atoms with Crippen molar-refractivity contribution in [2.45, 2.75) is 33.1 Å². The molecule has 1 atom stereocenters. The van der Waals surface area contributed by atoms with E-state index in [1.165, 1.54) is 32.4 Å². The molecule has 2 nitrogen and oxygen atoms in total. The molecular weight excluding hydrogens is 172 g/mol. The molecule has 0 spiro atoms. The largest absolute Gasteiger partial charge is 0.317 e. The van der Waals surface area contributed by atoms with Crippen LogP contribution >= 0.6 is 0 Å². The summed E-state index contributed by atoms with van der Waals surface area (Å²) < 4.78 is 0. The molecule has 1 saturated carbocycles. The van der Waals surface area contributed by atoms with Crippen molar-refractivity contribution < 1.29 is 0 Å². The minimum absolute atomic E-state index is 0.778. The fraction of sp³-hybridized carbons (Fsp3) is 1.00. The SMILES string of the molecule is CCNCC(C)CN(C)CC1CCC1. The van der Waals surface area contributed by atoms with Crippen molar-refractivity contribution in [3.8, 4) is 0 Å². The van der Waals surface area contributed by atoms with E-state index in [1.54, 1.807) is 0 Å². The number of hydrogen-bond donors (Lipinski definition) is 1. The van der Waals surface area contributed by atoms with Crippen LogP contribution in [0.2, 0.25) is 0 Å². The Labute approximate surface area is 89.1 Å². The van der Waals surface area contributed by atoms with E-state index in [0.29, 0.717) is 0 Å². The average molecular weight is 198 g/mol. The Morgan fingerprint density at radius 3 is 2.64 bits per heavy atom. The Morgan fingerprint density at radius 2 is 2.14 bits per heavy atom. The van der Waals surface area contributed by atoms with Gasteiger partial charge in [-0.3, -0.25) is 0 Å². The van der Waals surface area contributed by atoms with Gasteiger partial charge in [-0.2, -0.15) is 0 Å². The minimum atomic E-state index is 0.778. The molecule has 0 bridgehead atoms. The van der Waals surface area contributed by atoms with E-state index in [2.05, 4.69) is 31.1 Å². The summed E-state index contributed by atoms with van der Waals surface area (Å²) in [5.74, 6) is 1.78. The maximum atomic E-state index is 3.41. The van der Waals surface area contributed by atoms with Crippen molar-refractivity contribution in [1.29, 1.82) is 0 Å². The van der Waals surface area contributed by atoms with Gasteiger partial charge in [0.25, 0.3) is 0 Å². The van der Waals surface area contributed by atoms with Gasteiger partial charge in [-0.05, 0) is 44.8 Å². The Kier molecular flexibility index (Phi) is 5.49. The summed E-state index contributed by atoms with van der Waals surface area (Å²) in [5, 5.41) is 3.41. The second-order valence-electron chi connectivity index (χ2n) is 4.93. The number of nitrogens with zero attached hydrogens (tertiary/aromatic N) is 1. The number of hydrogen-bond acceptors (Lipinski definition) is 2. The summed E-state index contributed by atoms with van der Waals surface area (Å²) in [6.07, 6.45) is 4.39. The molecule has 1 unspecified atom stereocenters. The van der Waals surface area contributed by atoms with E-state index in [4.69, 9.17) is 0 Å². The van der Waals surface area contributed by atoms with Gasteiger partial charge in [0.2, 0.25) is 0 Å². The first-order chi connectivity index (χ1) is 6.72. The smallest absolute Gasteiger partial charge is 0.00162 e. The van der Waals surface area contributed by atoms with Gasteiger partial charge >= 0.3 is 0 Å². The van der Waals surface area contributed by atoms with Gasteiger partial charge in [0.15, 0.2) is 0 Å². The highest BCUT2D eigenvalue weighted by Crippen LogP contribution is 2.26. The van der Waals surface area contributed by atoms with Crippen LogP contribution in [0.5, 0.6) is 0 Å². The molecule has 1 rings (SSSR count). The zero-order valence-electron chi connectivity index (χ0n) is 10.1. The van der Waals surface area contributed by atoms with Crippen LogP contribution < -0.4 is 5.32 Å². The van der Waals surface area contributed by atoms with E-state index in [0.717, 1.165) is 24.9 Å². The van der Waals surface area contributed by atoms with Crippen LogP contribution in [0.1, 0.15) is 33.1 Å². The average Bonchev–Trinajstić information content (AvgIpc) is 2.08. The molecule has 84 valence electrons. The number of nitrogens with one attached hydrogen (secondary N) is 1. The maximum absolute atomic E-state index is 3.41. The molecule has 1 aliphatic carbocycles. The molecule has 0 saturated heterocycles. The van der Waals surface area contributed by atoms with E-state index in [1.807, 2.05) is 0 Å². The molecule has 1 N–H and O–H groups in total. The third kappa shape index (κ3) is 4.43. The predicted octanol–water partition coefficient (Wildman–Crippen LogP) is 1.96. The van der Waals surface area contributed by atoms with Crippen molar-refractivity contribution >= 4 is 0 Å². The van der Waals surface area contributed by atoms with E-state index in [-0.39, 0.29) is 0 Å². The monoisotopic (exact) mass is 198 g/mol. The highest BCUT2D eigenvalue weighted by molar-refractivity contribution is 4.73. The third-order valence-corrected chi connectivity index (χ3v) is 3.16. The van der Waals surface area contributed by atoms with Crippen LogP contribution in [0.4, 0.5) is 0 Å². The molecule has 1 aliphatic rings. The van der Waals surface area contributed by atoms with Crippen LogP contribution in [-0.4, -0.2) is 38.1 Å². The summed E-state index contributed by atoms with van der Waals surface area (Å²) >= 11 is 0. The first-order valence-electron chi connectivity index (χ1n) is 6.11. The Morgan fingerprint density at radius 1 is 1.43 bits per heavy atom. The molecule has 0 radical (unpaired) electrons. The lowest BCUT2D eigenvalue weighted by Crippen LogP contribution is -2.35. The molecule has 0 aromatic heterocycles. The lowest BCUT2D eigenvalue weighted by Gasteiger charge is -2.31. The zero-order valence-corrected chi connectivity index (χ0v) is 10.1. The summed E-state index contributed by atoms with van der Waals surface area (Å²) in [5.41, 5.74) is 0. The Balaban J connectivity index is 2.02. The topological polar surface area (TPSA) is 15.3 Å². The van der Waals surface area contributed by atoms with E-state index >= 15 is 0 Å². The molecular formula is C12H26N2. The zero-order chi connectivity index (χ0) is 10.4. The van der Waals surface area contributed by atoms with E-state index < -0.39 is 0 Å². The molecule has 2 heteroatoms. The van der Waals surface area contributed by atoms with Gasteiger partial charge < -0.3 is 10.2 Å². The van der Waals surface area contributed by atoms with Crippen LogP contribution in [0.25, 0.3) is 0 Å². The Hall–Kier alpha value is -0.0800. The maximum Gasteiger partial charge on any atom is 0.00162 e. The summed E-state index contributed by atoms with van der Waals surface area (Å²) in [6, 6.07) is 0. The fourth-order valence-corrected chi connectivity index (χ4v) is 2.18. The molecule has 0 amide bonds. The molecule has 0 aromatic carbocycles.